The van der Waals surface area contributed by atoms with E-state index in [0.29, 0.717) is 16.8 Å². The lowest BCUT2D eigenvalue weighted by atomic mass is 9.92. The van der Waals surface area contributed by atoms with E-state index in [4.69, 9.17) is 4.74 Å². The summed E-state index contributed by atoms with van der Waals surface area (Å²) in [5, 5.41) is 15.8. The topological polar surface area (TPSA) is 92.7 Å². The fourth-order valence-electron chi connectivity index (χ4n) is 4.46. The van der Waals surface area contributed by atoms with Crippen LogP contribution in [0.2, 0.25) is 0 Å². The van der Waals surface area contributed by atoms with E-state index in [2.05, 4.69) is 5.32 Å². The van der Waals surface area contributed by atoms with Gasteiger partial charge in [0, 0.05) is 16.8 Å². The monoisotopic (exact) mass is 477 g/mol. The Bertz CT molecular complexity index is 1580. The second kappa shape index (κ2) is 9.15. The van der Waals surface area contributed by atoms with Gasteiger partial charge in [-0.2, -0.15) is 0 Å². The summed E-state index contributed by atoms with van der Waals surface area (Å²) >= 11 is 0. The molecule has 1 aliphatic heterocycles. The molecule has 0 saturated heterocycles. The molecule has 1 atom stereocenters. The van der Waals surface area contributed by atoms with Gasteiger partial charge in [-0.15, -0.1) is 0 Å². The zero-order valence-electron chi connectivity index (χ0n) is 19.7. The number of carbonyl (C=O) groups is 3. The fourth-order valence-corrected chi connectivity index (χ4v) is 4.46. The van der Waals surface area contributed by atoms with Crippen LogP contribution in [0.1, 0.15) is 38.7 Å². The van der Waals surface area contributed by atoms with Crippen LogP contribution in [0.4, 0.5) is 5.69 Å². The molecule has 178 valence electrons. The third-order valence-corrected chi connectivity index (χ3v) is 6.31. The number of ketones is 1. The first kappa shape index (κ1) is 23.1. The Morgan fingerprint density at radius 3 is 2.36 bits per heavy atom. The Kier molecular flexibility index (Phi) is 5.86. The molecule has 0 aliphatic carbocycles. The molecule has 1 amide bonds. The van der Waals surface area contributed by atoms with Gasteiger partial charge in [-0.05, 0) is 48.4 Å². The van der Waals surface area contributed by atoms with Crippen LogP contribution in [-0.4, -0.2) is 22.8 Å². The number of amides is 1. The molecular weight excluding hydrogens is 454 g/mol. The molecule has 1 unspecified atom stereocenters. The number of aliphatic hydroxyl groups excluding tert-OH is 1. The molecule has 0 bridgehead atoms. The number of hydrogen-bond donors (Lipinski definition) is 2. The van der Waals surface area contributed by atoms with E-state index in [1.54, 1.807) is 42.5 Å². The predicted octanol–water partition coefficient (Wildman–Crippen LogP) is 5.85. The Morgan fingerprint density at radius 1 is 0.861 bits per heavy atom. The Balaban J connectivity index is 1.61. The van der Waals surface area contributed by atoms with Crippen LogP contribution in [0.5, 0.6) is 0 Å². The van der Waals surface area contributed by atoms with Gasteiger partial charge < -0.3 is 15.2 Å². The predicted molar refractivity (Wildman–Crippen MR) is 138 cm³/mol. The van der Waals surface area contributed by atoms with Crippen molar-refractivity contribution in [3.05, 3.63) is 118 Å². The average Bonchev–Trinajstić information content (AvgIpc) is 3.21. The van der Waals surface area contributed by atoms with Gasteiger partial charge in [0.2, 0.25) is 0 Å². The maximum Gasteiger partial charge on any atom is 0.339 e. The fraction of sp³-hybridized carbons (Fsp3) is 0.100. The van der Waals surface area contributed by atoms with Crippen LogP contribution in [0.25, 0.3) is 16.5 Å². The second-order valence-electron chi connectivity index (χ2n) is 8.80. The molecule has 0 aromatic heterocycles. The van der Waals surface area contributed by atoms with Gasteiger partial charge in [-0.3, -0.25) is 9.59 Å². The van der Waals surface area contributed by atoms with Crippen molar-refractivity contribution in [3.8, 4) is 0 Å². The molecule has 5 rings (SSSR count). The lowest BCUT2D eigenvalue weighted by Gasteiger charge is -2.17. The number of anilines is 1. The largest absolute Gasteiger partial charge is 0.507 e. The minimum Gasteiger partial charge on any atom is -0.507 e. The summed E-state index contributed by atoms with van der Waals surface area (Å²) in [5.74, 6) is -2.97. The highest BCUT2D eigenvalue weighted by Crippen LogP contribution is 2.39. The molecule has 1 aliphatic rings. The van der Waals surface area contributed by atoms with Gasteiger partial charge in [-0.25, -0.2) is 4.79 Å². The van der Waals surface area contributed by atoms with Gasteiger partial charge in [0.15, 0.2) is 6.10 Å². The summed E-state index contributed by atoms with van der Waals surface area (Å²) in [6, 6.07) is 24.8. The Hall–Kier alpha value is -4.71. The smallest absolute Gasteiger partial charge is 0.339 e. The molecule has 0 fully saturated rings. The highest BCUT2D eigenvalue weighted by Gasteiger charge is 2.40. The summed E-state index contributed by atoms with van der Waals surface area (Å²) in [5.41, 5.74) is 3.01. The number of fused-ring (bicyclic) bond motifs is 2. The summed E-state index contributed by atoms with van der Waals surface area (Å²) in [7, 11) is 0. The molecule has 2 N–H and O–H groups in total. The molecule has 0 spiro atoms. The van der Waals surface area contributed by atoms with Crippen molar-refractivity contribution in [3.63, 3.8) is 0 Å². The molecule has 6 nitrogen and oxygen atoms in total. The number of cyclic esters (lactones) is 1. The molecule has 4 aromatic rings. The van der Waals surface area contributed by atoms with E-state index in [1.165, 1.54) is 0 Å². The van der Waals surface area contributed by atoms with Crippen LogP contribution in [0.15, 0.2) is 90.5 Å². The number of benzene rings is 4. The standard InChI is InChI=1S/C30H23NO5/c1-17-11-14-24(18(2)15-17)31-29(34)27(33)25(28-22-9-5-6-10-23(22)30(35)36-28)26(32)21-13-12-19-7-3-4-8-20(19)16-21/h3-16,28,32H,1-2H3,(H,31,34)/b26-25-. The van der Waals surface area contributed by atoms with Crippen molar-refractivity contribution in [1.29, 1.82) is 0 Å². The first-order valence-electron chi connectivity index (χ1n) is 11.5. The zero-order valence-corrected chi connectivity index (χ0v) is 19.7. The first-order chi connectivity index (χ1) is 17.3. The van der Waals surface area contributed by atoms with Crippen molar-refractivity contribution < 1.29 is 24.2 Å². The van der Waals surface area contributed by atoms with Crippen molar-refractivity contribution >= 4 is 39.9 Å². The molecule has 0 saturated carbocycles. The van der Waals surface area contributed by atoms with Crippen LogP contribution < -0.4 is 5.32 Å². The van der Waals surface area contributed by atoms with Crippen LogP contribution in [0.3, 0.4) is 0 Å². The summed E-state index contributed by atoms with van der Waals surface area (Å²) in [4.78, 5) is 39.3. The minimum absolute atomic E-state index is 0.286. The molecule has 36 heavy (non-hydrogen) atoms. The summed E-state index contributed by atoms with van der Waals surface area (Å²) < 4.78 is 5.53. The third kappa shape index (κ3) is 4.14. The molecule has 1 heterocycles. The van der Waals surface area contributed by atoms with E-state index >= 15 is 0 Å². The van der Waals surface area contributed by atoms with Crippen molar-refractivity contribution in [2.75, 3.05) is 5.32 Å². The number of hydrogen-bond acceptors (Lipinski definition) is 5. The third-order valence-electron chi connectivity index (χ3n) is 6.31. The highest BCUT2D eigenvalue weighted by atomic mass is 16.5. The van der Waals surface area contributed by atoms with Crippen molar-refractivity contribution in [2.45, 2.75) is 20.0 Å². The second-order valence-corrected chi connectivity index (χ2v) is 8.80. The summed E-state index contributed by atoms with van der Waals surface area (Å²) in [6.07, 6.45) is -1.22. The van der Waals surface area contributed by atoms with Gasteiger partial charge in [-0.1, -0.05) is 72.3 Å². The van der Waals surface area contributed by atoms with Crippen molar-refractivity contribution in [1.82, 2.24) is 0 Å². The van der Waals surface area contributed by atoms with E-state index in [9.17, 15) is 19.5 Å². The quantitative estimate of drug-likeness (QED) is 0.163. The van der Waals surface area contributed by atoms with E-state index in [0.717, 1.165) is 21.9 Å². The number of aryl methyl sites for hydroxylation is 2. The number of esters is 1. The number of carbonyl (C=O) groups excluding carboxylic acids is 3. The average molecular weight is 478 g/mol. The Morgan fingerprint density at radius 2 is 1.58 bits per heavy atom. The van der Waals surface area contributed by atoms with E-state index in [-0.39, 0.29) is 11.1 Å². The molecule has 0 radical (unpaired) electrons. The zero-order chi connectivity index (χ0) is 25.4. The summed E-state index contributed by atoms with van der Waals surface area (Å²) in [6.45, 7) is 3.75. The highest BCUT2D eigenvalue weighted by molar-refractivity contribution is 6.47. The number of Topliss-reactive ketones (excluding diaryl/α,β-unsaturated/α-hetero) is 1. The minimum atomic E-state index is -1.22. The first-order valence-corrected chi connectivity index (χ1v) is 11.5. The van der Waals surface area contributed by atoms with Gasteiger partial charge in [0.1, 0.15) is 5.76 Å². The molecule has 6 heteroatoms. The lowest BCUT2D eigenvalue weighted by Crippen LogP contribution is -2.28. The SMILES string of the molecule is Cc1ccc(NC(=O)C(=O)/C(=C(/O)c2ccc3ccccc3c2)C2OC(=O)c3ccccc32)c(C)c1. The normalized spacial score (nSPS) is 15.2. The molecule has 4 aromatic carbocycles. The van der Waals surface area contributed by atoms with Gasteiger partial charge >= 0.3 is 5.97 Å². The van der Waals surface area contributed by atoms with E-state index in [1.807, 2.05) is 56.3 Å². The number of aliphatic hydroxyl groups is 1. The number of ether oxygens (including phenoxy) is 1. The van der Waals surface area contributed by atoms with Gasteiger partial charge in [0.05, 0.1) is 11.1 Å². The van der Waals surface area contributed by atoms with Crippen molar-refractivity contribution in [2.24, 2.45) is 0 Å². The molecular formula is C30H23NO5. The van der Waals surface area contributed by atoms with Crippen LogP contribution in [-0.2, 0) is 14.3 Å². The van der Waals surface area contributed by atoms with Crippen LogP contribution >= 0.6 is 0 Å². The van der Waals surface area contributed by atoms with Crippen LogP contribution in [0, 0.1) is 13.8 Å². The number of rotatable bonds is 5. The lowest BCUT2D eigenvalue weighted by molar-refractivity contribution is -0.133. The Labute approximate surface area is 207 Å². The number of nitrogens with one attached hydrogen (secondary N) is 1. The maximum absolute atomic E-state index is 13.6. The maximum atomic E-state index is 13.6. The van der Waals surface area contributed by atoms with Gasteiger partial charge in [0.25, 0.3) is 11.7 Å². The van der Waals surface area contributed by atoms with E-state index < -0.39 is 29.5 Å².